The Morgan fingerprint density at radius 2 is 2.10 bits per heavy atom. The van der Waals surface area contributed by atoms with E-state index in [-0.39, 0.29) is 18.6 Å². The van der Waals surface area contributed by atoms with Crippen LogP contribution in [0.2, 0.25) is 0 Å². The molecule has 1 aromatic rings. The molecule has 3 rings (SSSR count). The third kappa shape index (κ3) is 2.63. The first-order valence-corrected chi connectivity index (χ1v) is 8.70. The van der Waals surface area contributed by atoms with Gasteiger partial charge in [0, 0.05) is 16.8 Å². The molecule has 1 N–H and O–H groups in total. The van der Waals surface area contributed by atoms with E-state index in [4.69, 9.17) is 0 Å². The third-order valence-corrected chi connectivity index (χ3v) is 5.73. The third-order valence-electron chi connectivity index (χ3n) is 4.64. The van der Waals surface area contributed by atoms with Crippen molar-refractivity contribution in [2.75, 3.05) is 13.2 Å². The minimum Gasteiger partial charge on any atom is -0.394 e. The number of likely N-dealkylation sites (tertiary alicyclic amines) is 1. The average molecular weight is 293 g/mol. The fourth-order valence-electron chi connectivity index (χ4n) is 3.46. The molecule has 1 fully saturated rings. The van der Waals surface area contributed by atoms with Gasteiger partial charge >= 0.3 is 0 Å². The Morgan fingerprint density at radius 3 is 2.95 bits per heavy atom. The lowest BCUT2D eigenvalue weighted by atomic mass is 9.95. The first-order valence-electron chi connectivity index (χ1n) is 7.82. The maximum Gasteiger partial charge on any atom is 0.255 e. The van der Waals surface area contributed by atoms with Gasteiger partial charge in [-0.15, -0.1) is 11.3 Å². The minimum absolute atomic E-state index is 0.0177. The lowest BCUT2D eigenvalue weighted by Crippen LogP contribution is -2.42. The highest BCUT2D eigenvalue weighted by Gasteiger charge is 2.29. The normalized spacial score (nSPS) is 23.2. The number of thiophene rings is 1. The molecule has 0 spiro atoms. The zero-order chi connectivity index (χ0) is 13.9. The van der Waals surface area contributed by atoms with Crippen LogP contribution < -0.4 is 0 Å². The summed E-state index contributed by atoms with van der Waals surface area (Å²) in [7, 11) is 0. The molecule has 1 aliphatic heterocycles. The van der Waals surface area contributed by atoms with E-state index in [9.17, 15) is 9.90 Å². The number of fused-ring (bicyclic) bond motifs is 1. The second kappa shape index (κ2) is 6.27. The molecule has 0 saturated carbocycles. The van der Waals surface area contributed by atoms with Crippen LogP contribution in [0.3, 0.4) is 0 Å². The van der Waals surface area contributed by atoms with Gasteiger partial charge in [-0.3, -0.25) is 4.79 Å². The molecule has 20 heavy (non-hydrogen) atoms. The summed E-state index contributed by atoms with van der Waals surface area (Å²) < 4.78 is 0. The van der Waals surface area contributed by atoms with Crippen LogP contribution in [0.1, 0.15) is 59.3 Å². The SMILES string of the molecule is O=C(c1csc2c1CCCC2)N1CCCCCC1CO. The summed E-state index contributed by atoms with van der Waals surface area (Å²) in [6.07, 6.45) is 8.94. The second-order valence-corrected chi connectivity index (χ2v) is 6.91. The molecular weight excluding hydrogens is 270 g/mol. The Labute approximate surface area is 124 Å². The van der Waals surface area contributed by atoms with Crippen molar-refractivity contribution in [3.63, 3.8) is 0 Å². The molecule has 1 unspecified atom stereocenters. The number of hydrogen-bond acceptors (Lipinski definition) is 3. The summed E-state index contributed by atoms with van der Waals surface area (Å²) in [6.45, 7) is 0.896. The molecule has 0 bridgehead atoms. The van der Waals surface area contributed by atoms with E-state index in [1.165, 1.54) is 29.7 Å². The molecule has 3 nitrogen and oxygen atoms in total. The summed E-state index contributed by atoms with van der Waals surface area (Å²) >= 11 is 1.75. The van der Waals surface area contributed by atoms with Crippen LogP contribution >= 0.6 is 11.3 Å². The van der Waals surface area contributed by atoms with Gasteiger partial charge in [-0.25, -0.2) is 0 Å². The predicted octanol–water partition coefficient (Wildman–Crippen LogP) is 3.00. The van der Waals surface area contributed by atoms with Crippen molar-refractivity contribution in [3.8, 4) is 0 Å². The minimum atomic E-state index is 0.0177. The fraction of sp³-hybridized carbons (Fsp3) is 0.688. The first kappa shape index (κ1) is 14.1. The van der Waals surface area contributed by atoms with Crippen molar-refractivity contribution in [1.29, 1.82) is 0 Å². The van der Waals surface area contributed by atoms with Crippen LogP contribution in [-0.2, 0) is 12.8 Å². The second-order valence-electron chi connectivity index (χ2n) is 5.94. The molecule has 1 aromatic heterocycles. The van der Waals surface area contributed by atoms with Crippen molar-refractivity contribution in [2.45, 2.75) is 57.4 Å². The van der Waals surface area contributed by atoms with Crippen molar-refractivity contribution < 1.29 is 9.90 Å². The van der Waals surface area contributed by atoms with E-state index in [1.54, 1.807) is 11.3 Å². The first-order chi connectivity index (χ1) is 9.81. The van der Waals surface area contributed by atoms with E-state index in [0.29, 0.717) is 0 Å². The van der Waals surface area contributed by atoms with Gasteiger partial charge in [0.15, 0.2) is 0 Å². The number of aliphatic hydroxyl groups excluding tert-OH is 1. The summed E-state index contributed by atoms with van der Waals surface area (Å²) in [5.74, 6) is 0.158. The number of hydrogen-bond donors (Lipinski definition) is 1. The Bertz CT molecular complexity index is 483. The van der Waals surface area contributed by atoms with E-state index in [0.717, 1.165) is 44.2 Å². The van der Waals surface area contributed by atoms with Gasteiger partial charge < -0.3 is 10.0 Å². The maximum absolute atomic E-state index is 12.9. The standard InChI is InChI=1S/C16H23NO2S/c18-10-12-6-2-1-5-9-17(12)16(19)14-11-20-15-8-4-3-7-13(14)15/h11-12,18H,1-10H2. The van der Waals surface area contributed by atoms with E-state index in [1.807, 2.05) is 4.90 Å². The number of carbonyl (C=O) groups is 1. The van der Waals surface area contributed by atoms with Gasteiger partial charge in [0.2, 0.25) is 0 Å². The van der Waals surface area contributed by atoms with Crippen LogP contribution in [0, 0.1) is 0 Å². The number of aliphatic hydroxyl groups is 1. The highest BCUT2D eigenvalue weighted by molar-refractivity contribution is 7.10. The monoisotopic (exact) mass is 293 g/mol. The summed E-state index contributed by atoms with van der Waals surface area (Å²) in [6, 6.07) is 0.0177. The number of aryl methyl sites for hydroxylation is 1. The van der Waals surface area contributed by atoms with Crippen molar-refractivity contribution in [1.82, 2.24) is 4.90 Å². The van der Waals surface area contributed by atoms with Crippen LogP contribution in [0.15, 0.2) is 5.38 Å². The van der Waals surface area contributed by atoms with E-state index in [2.05, 4.69) is 5.38 Å². The van der Waals surface area contributed by atoms with E-state index >= 15 is 0 Å². The summed E-state index contributed by atoms with van der Waals surface area (Å²) in [5.41, 5.74) is 2.22. The molecule has 1 amide bonds. The van der Waals surface area contributed by atoms with Gasteiger partial charge in [0.25, 0.3) is 5.91 Å². The number of amides is 1. The van der Waals surface area contributed by atoms with Gasteiger partial charge in [-0.2, -0.15) is 0 Å². The zero-order valence-electron chi connectivity index (χ0n) is 11.9. The number of rotatable bonds is 2. The van der Waals surface area contributed by atoms with Gasteiger partial charge in [0.05, 0.1) is 18.2 Å². The van der Waals surface area contributed by atoms with Crippen LogP contribution in [-0.4, -0.2) is 35.1 Å². The fourth-order valence-corrected chi connectivity index (χ4v) is 4.58. The molecule has 1 atom stereocenters. The molecule has 2 aliphatic rings. The van der Waals surface area contributed by atoms with Crippen LogP contribution in [0.5, 0.6) is 0 Å². The lowest BCUT2D eigenvalue weighted by molar-refractivity contribution is 0.0599. The summed E-state index contributed by atoms with van der Waals surface area (Å²) in [4.78, 5) is 16.2. The van der Waals surface area contributed by atoms with E-state index < -0.39 is 0 Å². The summed E-state index contributed by atoms with van der Waals surface area (Å²) in [5, 5.41) is 11.6. The maximum atomic E-state index is 12.9. The topological polar surface area (TPSA) is 40.5 Å². The molecule has 110 valence electrons. The largest absolute Gasteiger partial charge is 0.394 e. The van der Waals surface area contributed by atoms with Crippen molar-refractivity contribution in [2.24, 2.45) is 0 Å². The molecule has 2 heterocycles. The van der Waals surface area contributed by atoms with Crippen molar-refractivity contribution >= 4 is 17.2 Å². The Balaban J connectivity index is 1.85. The molecule has 1 aliphatic carbocycles. The van der Waals surface area contributed by atoms with Crippen LogP contribution in [0.4, 0.5) is 0 Å². The van der Waals surface area contributed by atoms with Gasteiger partial charge in [-0.1, -0.05) is 12.8 Å². The predicted molar refractivity (Wildman–Crippen MR) is 81.3 cm³/mol. The smallest absolute Gasteiger partial charge is 0.255 e. The molecule has 0 aromatic carbocycles. The van der Waals surface area contributed by atoms with Crippen LogP contribution in [0.25, 0.3) is 0 Å². The zero-order valence-corrected chi connectivity index (χ0v) is 12.8. The molecule has 4 heteroatoms. The molecule has 1 saturated heterocycles. The number of nitrogens with zero attached hydrogens (tertiary/aromatic N) is 1. The lowest BCUT2D eigenvalue weighted by Gasteiger charge is -2.29. The number of carbonyl (C=O) groups excluding carboxylic acids is 1. The van der Waals surface area contributed by atoms with Crippen molar-refractivity contribution in [3.05, 3.63) is 21.4 Å². The highest BCUT2D eigenvalue weighted by atomic mass is 32.1. The Hall–Kier alpha value is -0.870. The Kier molecular flexibility index (Phi) is 4.41. The highest BCUT2D eigenvalue weighted by Crippen LogP contribution is 2.32. The molecule has 0 radical (unpaired) electrons. The van der Waals surface area contributed by atoms with Gasteiger partial charge in [-0.05, 0) is 44.1 Å². The average Bonchev–Trinajstić information content (AvgIpc) is 2.76. The van der Waals surface area contributed by atoms with Gasteiger partial charge in [0.1, 0.15) is 0 Å². The Morgan fingerprint density at radius 1 is 1.25 bits per heavy atom. The quantitative estimate of drug-likeness (QED) is 0.910. The molecular formula is C16H23NO2S.